The van der Waals surface area contributed by atoms with Crippen molar-refractivity contribution in [1.29, 1.82) is 0 Å². The molecule has 1 aromatic rings. The fourth-order valence-electron chi connectivity index (χ4n) is 1.42. The lowest BCUT2D eigenvalue weighted by Crippen LogP contribution is -2.15. The minimum absolute atomic E-state index is 0.0769. The summed E-state index contributed by atoms with van der Waals surface area (Å²) < 4.78 is 7.18. The van der Waals surface area contributed by atoms with Crippen molar-refractivity contribution < 1.29 is 9.53 Å². The summed E-state index contributed by atoms with van der Waals surface area (Å²) in [4.78, 5) is 11.6. The molecule has 0 bridgehead atoms. The lowest BCUT2D eigenvalue weighted by atomic mass is 10.2. The Labute approximate surface area is 103 Å². The number of aromatic nitrogens is 2. The van der Waals surface area contributed by atoms with Crippen LogP contribution in [0.2, 0.25) is 0 Å². The molecule has 17 heavy (non-hydrogen) atoms. The third-order valence-corrected chi connectivity index (χ3v) is 2.66. The molecule has 0 aliphatic rings. The Morgan fingerprint density at radius 1 is 1.47 bits per heavy atom. The normalized spacial score (nSPS) is 13.0. The summed E-state index contributed by atoms with van der Waals surface area (Å²) in [5.74, 6) is 0.0769. The molecule has 0 spiro atoms. The number of Topliss-reactive ketones (excluding diaryl/α,β-unsaturated/α-hetero) is 1. The fourth-order valence-corrected chi connectivity index (χ4v) is 1.42. The van der Waals surface area contributed by atoms with E-state index in [4.69, 9.17) is 4.74 Å². The second kappa shape index (κ2) is 6.55. The molecule has 0 radical (unpaired) electrons. The van der Waals surface area contributed by atoms with E-state index in [1.54, 1.807) is 0 Å². The van der Waals surface area contributed by atoms with Gasteiger partial charge in [0, 0.05) is 12.2 Å². The van der Waals surface area contributed by atoms with Crippen LogP contribution < -0.4 is 0 Å². The van der Waals surface area contributed by atoms with Crippen LogP contribution in [-0.4, -0.2) is 28.3 Å². The lowest BCUT2D eigenvalue weighted by molar-refractivity contribution is -0.124. The number of rotatable bonds is 7. The van der Waals surface area contributed by atoms with E-state index in [9.17, 15) is 4.79 Å². The first-order chi connectivity index (χ1) is 8.02. The minimum Gasteiger partial charge on any atom is -0.371 e. The highest BCUT2D eigenvalue weighted by molar-refractivity contribution is 5.81. The molecule has 1 heterocycles. The van der Waals surface area contributed by atoms with Gasteiger partial charge in [-0.15, -0.1) is 0 Å². The summed E-state index contributed by atoms with van der Waals surface area (Å²) in [6.45, 7) is 8.25. The van der Waals surface area contributed by atoms with Gasteiger partial charge in [-0.05, 0) is 33.3 Å². The van der Waals surface area contributed by atoms with Gasteiger partial charge in [-0.3, -0.25) is 9.48 Å². The van der Waals surface area contributed by atoms with Gasteiger partial charge in [0.1, 0.15) is 6.61 Å². The van der Waals surface area contributed by atoms with E-state index < -0.39 is 0 Å². The van der Waals surface area contributed by atoms with E-state index >= 15 is 0 Å². The van der Waals surface area contributed by atoms with Crippen molar-refractivity contribution in [3.63, 3.8) is 0 Å². The lowest BCUT2D eigenvalue weighted by Gasteiger charge is -2.08. The van der Waals surface area contributed by atoms with Crippen molar-refractivity contribution in [2.75, 3.05) is 6.61 Å². The molecule has 0 saturated carbocycles. The van der Waals surface area contributed by atoms with Crippen LogP contribution in [-0.2, 0) is 16.0 Å². The second-order valence-electron chi connectivity index (χ2n) is 4.62. The molecule has 0 aromatic carbocycles. The Hall–Kier alpha value is -1.16. The van der Waals surface area contributed by atoms with Gasteiger partial charge in [0.25, 0.3) is 0 Å². The molecule has 0 amide bonds. The fraction of sp³-hybridized carbons (Fsp3) is 0.692. The van der Waals surface area contributed by atoms with Crippen LogP contribution in [0, 0.1) is 0 Å². The second-order valence-corrected chi connectivity index (χ2v) is 4.62. The molecular formula is C13H22N2O2. The zero-order valence-electron chi connectivity index (χ0n) is 11.1. The van der Waals surface area contributed by atoms with Crippen molar-refractivity contribution in [3.05, 3.63) is 18.0 Å². The summed E-state index contributed by atoms with van der Waals surface area (Å²) in [5, 5.41) is 4.39. The number of carbonyl (C=O) groups is 1. The molecule has 0 aliphatic carbocycles. The first kappa shape index (κ1) is 13.9. The quantitative estimate of drug-likeness (QED) is 0.732. The third-order valence-electron chi connectivity index (χ3n) is 2.66. The van der Waals surface area contributed by atoms with Gasteiger partial charge in [-0.25, -0.2) is 0 Å². The molecule has 4 heteroatoms. The van der Waals surface area contributed by atoms with E-state index in [2.05, 4.69) is 18.9 Å². The highest BCUT2D eigenvalue weighted by atomic mass is 16.5. The minimum atomic E-state index is 0.0769. The maximum absolute atomic E-state index is 11.6. The van der Waals surface area contributed by atoms with Gasteiger partial charge in [0.2, 0.25) is 0 Å². The average Bonchev–Trinajstić information content (AvgIpc) is 2.73. The number of carbonyl (C=O) groups excluding carboxylic acids is 1. The van der Waals surface area contributed by atoms with E-state index in [0.717, 1.165) is 12.1 Å². The van der Waals surface area contributed by atoms with Crippen LogP contribution in [0.15, 0.2) is 12.3 Å². The number of hydrogen-bond donors (Lipinski definition) is 0. The van der Waals surface area contributed by atoms with Crippen molar-refractivity contribution in [2.45, 2.75) is 52.7 Å². The Bertz CT molecular complexity index is 358. The Morgan fingerprint density at radius 2 is 2.18 bits per heavy atom. The molecule has 0 fully saturated rings. The highest BCUT2D eigenvalue weighted by Crippen LogP contribution is 2.09. The highest BCUT2D eigenvalue weighted by Gasteiger charge is 2.09. The Balaban J connectivity index is 2.46. The van der Waals surface area contributed by atoms with Gasteiger partial charge < -0.3 is 4.74 Å². The summed E-state index contributed by atoms with van der Waals surface area (Å²) in [6.07, 6.45) is 3.42. The molecule has 1 rings (SSSR count). The molecule has 4 nitrogen and oxygen atoms in total. The summed E-state index contributed by atoms with van der Waals surface area (Å²) in [5.41, 5.74) is 0.822. The Kier molecular flexibility index (Phi) is 5.35. The van der Waals surface area contributed by atoms with Crippen molar-refractivity contribution >= 4 is 5.78 Å². The van der Waals surface area contributed by atoms with Crippen LogP contribution >= 0.6 is 0 Å². The van der Waals surface area contributed by atoms with Gasteiger partial charge >= 0.3 is 0 Å². The summed E-state index contributed by atoms with van der Waals surface area (Å²) in [7, 11) is 0. The van der Waals surface area contributed by atoms with Crippen molar-refractivity contribution in [1.82, 2.24) is 9.78 Å². The first-order valence-corrected chi connectivity index (χ1v) is 6.20. The van der Waals surface area contributed by atoms with Crippen LogP contribution in [0.1, 0.15) is 45.9 Å². The van der Waals surface area contributed by atoms with Gasteiger partial charge in [0.15, 0.2) is 5.78 Å². The molecule has 1 aromatic heterocycles. The molecule has 0 N–H and O–H groups in total. The predicted molar refractivity (Wildman–Crippen MR) is 67.0 cm³/mol. The predicted octanol–water partition coefficient (Wildman–Crippen LogP) is 2.39. The number of hydrogen-bond acceptors (Lipinski definition) is 3. The SMILES string of the molecule is CCC(C)n1ccc(CC(=O)COC(C)C)n1. The third kappa shape index (κ3) is 4.69. The van der Waals surface area contributed by atoms with E-state index in [1.807, 2.05) is 30.8 Å². The largest absolute Gasteiger partial charge is 0.371 e. The molecule has 1 unspecified atom stereocenters. The molecule has 0 saturated heterocycles. The zero-order chi connectivity index (χ0) is 12.8. The van der Waals surface area contributed by atoms with Crippen molar-refractivity contribution in [3.8, 4) is 0 Å². The van der Waals surface area contributed by atoms with E-state index in [1.165, 1.54) is 0 Å². The number of nitrogens with zero attached hydrogens (tertiary/aromatic N) is 2. The van der Waals surface area contributed by atoms with Crippen LogP contribution in [0.5, 0.6) is 0 Å². The molecule has 1 atom stereocenters. The molecule has 0 aliphatic heterocycles. The summed E-state index contributed by atoms with van der Waals surface area (Å²) >= 11 is 0. The number of ketones is 1. The molecule has 96 valence electrons. The maximum atomic E-state index is 11.6. The monoisotopic (exact) mass is 238 g/mol. The van der Waals surface area contributed by atoms with Gasteiger partial charge in [-0.1, -0.05) is 6.92 Å². The first-order valence-electron chi connectivity index (χ1n) is 6.20. The van der Waals surface area contributed by atoms with Gasteiger partial charge in [0.05, 0.1) is 18.2 Å². The average molecular weight is 238 g/mol. The van der Waals surface area contributed by atoms with Crippen LogP contribution in [0.3, 0.4) is 0 Å². The summed E-state index contributed by atoms with van der Waals surface area (Å²) in [6, 6.07) is 2.28. The maximum Gasteiger partial charge on any atom is 0.164 e. The standard InChI is InChI=1S/C13H22N2O2/c1-5-11(4)15-7-6-12(14-15)8-13(16)9-17-10(2)3/h6-7,10-11H,5,8-9H2,1-4H3. The van der Waals surface area contributed by atoms with Crippen LogP contribution in [0.4, 0.5) is 0 Å². The van der Waals surface area contributed by atoms with E-state index in [-0.39, 0.29) is 18.5 Å². The van der Waals surface area contributed by atoms with Crippen LogP contribution in [0.25, 0.3) is 0 Å². The van der Waals surface area contributed by atoms with Gasteiger partial charge in [-0.2, -0.15) is 5.10 Å². The number of ether oxygens (including phenoxy) is 1. The topological polar surface area (TPSA) is 44.1 Å². The van der Waals surface area contributed by atoms with E-state index in [0.29, 0.717) is 12.5 Å². The zero-order valence-corrected chi connectivity index (χ0v) is 11.1. The molecular weight excluding hydrogens is 216 g/mol. The Morgan fingerprint density at radius 3 is 2.76 bits per heavy atom. The smallest absolute Gasteiger partial charge is 0.164 e. The van der Waals surface area contributed by atoms with Crippen molar-refractivity contribution in [2.24, 2.45) is 0 Å².